The van der Waals surface area contributed by atoms with E-state index < -0.39 is 0 Å². The fraction of sp³-hybridized carbons (Fsp3) is 0.550. The molecule has 0 atom stereocenters. The summed E-state index contributed by atoms with van der Waals surface area (Å²) in [5.41, 5.74) is 3.83. The third-order valence-electron chi connectivity index (χ3n) is 5.66. The number of fused-ring (bicyclic) bond motifs is 3. The molecule has 4 heteroatoms. The minimum absolute atomic E-state index is 0. The van der Waals surface area contributed by atoms with Crippen molar-refractivity contribution in [3.63, 3.8) is 0 Å². The monoisotopic (exact) mass is 346 g/mol. The molecule has 0 spiro atoms. The van der Waals surface area contributed by atoms with Crippen LogP contribution >= 0.6 is 12.4 Å². The van der Waals surface area contributed by atoms with E-state index in [0.29, 0.717) is 6.54 Å². The zero-order chi connectivity index (χ0) is 15.8. The average Bonchev–Trinajstić information content (AvgIpc) is 2.91. The van der Waals surface area contributed by atoms with Crippen LogP contribution in [0.4, 0.5) is 0 Å². The van der Waals surface area contributed by atoms with E-state index in [9.17, 15) is 4.79 Å². The van der Waals surface area contributed by atoms with Crippen molar-refractivity contribution in [3.8, 4) is 0 Å². The number of benzene rings is 1. The summed E-state index contributed by atoms with van der Waals surface area (Å²) < 4.78 is 2.04. The Labute approximate surface area is 150 Å². The molecule has 24 heavy (non-hydrogen) atoms. The van der Waals surface area contributed by atoms with Gasteiger partial charge in [0.15, 0.2) is 0 Å². The molecule has 1 aromatic heterocycles. The van der Waals surface area contributed by atoms with Crippen LogP contribution in [0.25, 0.3) is 10.9 Å². The maximum absolute atomic E-state index is 13.1. The second-order valence-corrected chi connectivity index (χ2v) is 7.34. The molecule has 0 N–H and O–H groups in total. The van der Waals surface area contributed by atoms with E-state index in [4.69, 9.17) is 0 Å². The van der Waals surface area contributed by atoms with Crippen LogP contribution in [-0.4, -0.2) is 35.0 Å². The molecule has 4 rings (SSSR count). The van der Waals surface area contributed by atoms with Crippen molar-refractivity contribution in [3.05, 3.63) is 35.5 Å². The summed E-state index contributed by atoms with van der Waals surface area (Å²) in [5, 5.41) is 1.29. The fourth-order valence-corrected chi connectivity index (χ4v) is 4.26. The van der Waals surface area contributed by atoms with Gasteiger partial charge in [-0.05, 0) is 69.2 Å². The van der Waals surface area contributed by atoms with Crippen molar-refractivity contribution in [2.75, 3.05) is 19.6 Å². The van der Waals surface area contributed by atoms with Crippen LogP contribution in [0.3, 0.4) is 0 Å². The van der Waals surface area contributed by atoms with Crippen molar-refractivity contribution < 1.29 is 4.79 Å². The van der Waals surface area contributed by atoms with Gasteiger partial charge in [-0.2, -0.15) is 0 Å². The number of carbonyl (C=O) groups excluding carboxylic acids is 1. The van der Waals surface area contributed by atoms with Crippen molar-refractivity contribution >= 4 is 29.2 Å². The van der Waals surface area contributed by atoms with Gasteiger partial charge in [-0.3, -0.25) is 14.3 Å². The summed E-state index contributed by atoms with van der Waals surface area (Å²) in [5.74, 6) is 1.07. The Morgan fingerprint density at radius 1 is 1.12 bits per heavy atom. The molecule has 0 amide bonds. The number of carbonyl (C=O) groups is 1. The maximum atomic E-state index is 13.1. The lowest BCUT2D eigenvalue weighted by Gasteiger charge is -2.29. The van der Waals surface area contributed by atoms with Crippen LogP contribution in [0, 0.1) is 5.92 Å². The Morgan fingerprint density at radius 3 is 2.62 bits per heavy atom. The first-order chi connectivity index (χ1) is 11.2. The quantitative estimate of drug-likeness (QED) is 0.809. The lowest BCUT2D eigenvalue weighted by atomic mass is 9.95. The molecule has 2 aromatic rings. The number of likely N-dealkylation sites (tertiary alicyclic amines) is 1. The van der Waals surface area contributed by atoms with Gasteiger partial charge in [-0.15, -0.1) is 12.4 Å². The summed E-state index contributed by atoms with van der Waals surface area (Å²) in [4.78, 5) is 15.4. The SMILES string of the molecule is CC1CCN(CC(=O)n2c3c(c4ccccc42)CCCC3)CC1.Cl. The molecule has 1 fully saturated rings. The molecule has 1 aliphatic heterocycles. The molecule has 1 saturated heterocycles. The molecule has 2 aliphatic rings. The van der Waals surface area contributed by atoms with Gasteiger partial charge in [0, 0.05) is 11.1 Å². The van der Waals surface area contributed by atoms with E-state index in [1.165, 1.54) is 42.3 Å². The zero-order valence-electron chi connectivity index (χ0n) is 14.5. The highest BCUT2D eigenvalue weighted by atomic mass is 35.5. The standard InChI is InChI=1S/C20H26N2O.ClH/c1-15-10-12-21(13-11-15)14-20(23)22-18-8-4-2-6-16(18)17-7-3-5-9-19(17)22;/h2,4,6,8,15H,3,5,7,9-14H2,1H3;1H. The smallest absolute Gasteiger partial charge is 0.245 e. The summed E-state index contributed by atoms with van der Waals surface area (Å²) in [6.45, 7) is 5.01. The van der Waals surface area contributed by atoms with Gasteiger partial charge in [0.25, 0.3) is 0 Å². The Hall–Kier alpha value is -1.32. The van der Waals surface area contributed by atoms with Gasteiger partial charge in [0.2, 0.25) is 5.91 Å². The Morgan fingerprint density at radius 2 is 1.83 bits per heavy atom. The van der Waals surface area contributed by atoms with E-state index in [1.807, 2.05) is 4.57 Å². The van der Waals surface area contributed by atoms with E-state index in [0.717, 1.165) is 37.4 Å². The first-order valence-corrected chi connectivity index (χ1v) is 9.11. The predicted octanol–water partition coefficient (Wildman–Crippen LogP) is 4.31. The molecule has 0 radical (unpaired) electrons. The van der Waals surface area contributed by atoms with Crippen LogP contribution in [0.1, 0.15) is 48.7 Å². The lowest BCUT2D eigenvalue weighted by molar-refractivity contribution is 0.0819. The van der Waals surface area contributed by atoms with Gasteiger partial charge in [-0.25, -0.2) is 0 Å². The molecule has 2 heterocycles. The summed E-state index contributed by atoms with van der Waals surface area (Å²) >= 11 is 0. The largest absolute Gasteiger partial charge is 0.294 e. The number of rotatable bonds is 2. The first-order valence-electron chi connectivity index (χ1n) is 9.11. The van der Waals surface area contributed by atoms with Gasteiger partial charge < -0.3 is 0 Å². The molecule has 1 aliphatic carbocycles. The number of piperidine rings is 1. The second kappa shape index (κ2) is 7.28. The number of aromatic nitrogens is 1. The molecule has 0 saturated carbocycles. The third kappa shape index (κ3) is 3.12. The van der Waals surface area contributed by atoms with Gasteiger partial charge in [0.1, 0.15) is 0 Å². The average molecular weight is 347 g/mol. The molecule has 0 unspecified atom stereocenters. The molecule has 3 nitrogen and oxygen atoms in total. The summed E-state index contributed by atoms with van der Waals surface area (Å²) in [6.07, 6.45) is 7.07. The number of halogens is 1. The summed E-state index contributed by atoms with van der Waals surface area (Å²) in [7, 11) is 0. The Balaban J connectivity index is 0.00000169. The minimum Gasteiger partial charge on any atom is -0.294 e. The van der Waals surface area contributed by atoms with E-state index >= 15 is 0 Å². The minimum atomic E-state index is 0. The van der Waals surface area contributed by atoms with Crippen LogP contribution in [0.5, 0.6) is 0 Å². The highest BCUT2D eigenvalue weighted by Gasteiger charge is 2.25. The Kier molecular flexibility index (Phi) is 5.31. The molecular weight excluding hydrogens is 320 g/mol. The topological polar surface area (TPSA) is 25.2 Å². The predicted molar refractivity (Wildman–Crippen MR) is 101 cm³/mol. The van der Waals surface area contributed by atoms with Crippen LogP contribution < -0.4 is 0 Å². The zero-order valence-corrected chi connectivity index (χ0v) is 15.3. The molecular formula is C20H27ClN2O. The number of hydrogen-bond donors (Lipinski definition) is 0. The number of hydrogen-bond acceptors (Lipinski definition) is 2. The highest BCUT2D eigenvalue weighted by Crippen LogP contribution is 2.32. The van der Waals surface area contributed by atoms with Gasteiger partial charge >= 0.3 is 0 Å². The third-order valence-corrected chi connectivity index (χ3v) is 5.66. The van der Waals surface area contributed by atoms with Crippen LogP contribution in [0.2, 0.25) is 0 Å². The van der Waals surface area contributed by atoms with Crippen molar-refractivity contribution in [1.82, 2.24) is 9.47 Å². The normalized spacial score (nSPS) is 19.0. The van der Waals surface area contributed by atoms with Crippen molar-refractivity contribution in [2.24, 2.45) is 5.92 Å². The van der Waals surface area contributed by atoms with Crippen LogP contribution in [0.15, 0.2) is 24.3 Å². The van der Waals surface area contributed by atoms with Crippen molar-refractivity contribution in [2.45, 2.75) is 45.4 Å². The van der Waals surface area contributed by atoms with Crippen LogP contribution in [-0.2, 0) is 12.8 Å². The van der Waals surface area contributed by atoms with E-state index in [2.05, 4.69) is 36.1 Å². The van der Waals surface area contributed by atoms with Crippen molar-refractivity contribution in [1.29, 1.82) is 0 Å². The lowest BCUT2D eigenvalue weighted by Crippen LogP contribution is -2.38. The first kappa shape index (κ1) is 17.5. The summed E-state index contributed by atoms with van der Waals surface area (Å²) in [6, 6.07) is 8.45. The van der Waals surface area contributed by atoms with Gasteiger partial charge in [-0.1, -0.05) is 25.1 Å². The maximum Gasteiger partial charge on any atom is 0.245 e. The Bertz CT molecular complexity index is 729. The number of para-hydroxylation sites is 1. The van der Waals surface area contributed by atoms with Gasteiger partial charge in [0.05, 0.1) is 12.1 Å². The second-order valence-electron chi connectivity index (χ2n) is 7.34. The molecule has 0 bridgehead atoms. The molecule has 1 aromatic carbocycles. The number of aryl methyl sites for hydroxylation is 1. The van der Waals surface area contributed by atoms with E-state index in [-0.39, 0.29) is 18.3 Å². The molecule has 130 valence electrons. The van der Waals surface area contributed by atoms with E-state index in [1.54, 1.807) is 0 Å². The highest BCUT2D eigenvalue weighted by molar-refractivity contribution is 5.97. The fourth-order valence-electron chi connectivity index (χ4n) is 4.26. The number of nitrogens with zero attached hydrogens (tertiary/aromatic N) is 2.